The first-order chi connectivity index (χ1) is 8.28. The first-order valence-corrected chi connectivity index (χ1v) is 5.51. The summed E-state index contributed by atoms with van der Waals surface area (Å²) in [6.07, 6.45) is 0. The Bertz CT molecular complexity index is 599. The molecule has 0 saturated heterocycles. The Morgan fingerprint density at radius 3 is 2.50 bits per heavy atom. The summed E-state index contributed by atoms with van der Waals surface area (Å²) in [5, 5.41) is 20.9. The van der Waals surface area contributed by atoms with E-state index in [1.54, 1.807) is 26.0 Å². The second-order valence-electron chi connectivity index (χ2n) is 4.91. The number of benzene rings is 1. The predicted octanol–water partition coefficient (Wildman–Crippen LogP) is 2.36. The van der Waals surface area contributed by atoms with Crippen molar-refractivity contribution in [3.05, 3.63) is 50.7 Å². The average Bonchev–Trinajstić information content (AvgIpc) is 2.26. The molecule has 1 aliphatic rings. The molecular weight excluding hydrogens is 234 g/mol. The van der Waals surface area contributed by atoms with Gasteiger partial charge >= 0.3 is 5.70 Å². The van der Waals surface area contributed by atoms with E-state index in [9.17, 15) is 20.0 Å². The molecule has 0 saturated carbocycles. The van der Waals surface area contributed by atoms with E-state index in [-0.39, 0.29) is 0 Å². The van der Waals surface area contributed by atoms with Crippen molar-refractivity contribution in [2.75, 3.05) is 0 Å². The summed E-state index contributed by atoms with van der Waals surface area (Å²) in [6.45, 7) is 5.09. The van der Waals surface area contributed by atoms with Gasteiger partial charge in [-0.15, -0.1) is 0 Å². The van der Waals surface area contributed by atoms with Gasteiger partial charge in [0.2, 0.25) is 11.5 Å². The molecule has 1 N–H and O–H groups in total. The normalized spacial score (nSPS) is 17.6. The molecule has 0 unspecified atom stereocenters. The molecule has 94 valence electrons. The molecule has 0 atom stereocenters. The second-order valence-corrected chi connectivity index (χ2v) is 4.91. The van der Waals surface area contributed by atoms with Gasteiger partial charge in [-0.3, -0.25) is 14.9 Å². The lowest BCUT2D eigenvalue weighted by molar-refractivity contribution is -0.419. The summed E-state index contributed by atoms with van der Waals surface area (Å²) in [5.74, 6) is -1.20. The first-order valence-electron chi connectivity index (χ1n) is 5.51. The molecule has 0 spiro atoms. The van der Waals surface area contributed by atoms with E-state index in [2.05, 4.69) is 0 Å². The summed E-state index contributed by atoms with van der Waals surface area (Å²) in [5.41, 5.74) is 0.122. The lowest BCUT2D eigenvalue weighted by Crippen LogP contribution is -2.38. The predicted molar refractivity (Wildman–Crippen MR) is 65.8 cm³/mol. The topological polar surface area (TPSA) is 80.4 Å². The fourth-order valence-corrected chi connectivity index (χ4v) is 2.51. The SMILES string of the molecule is Cc1cccc2c1C(C)(C)C(=O)C([N+](=O)[O-])=C2O. The maximum atomic E-state index is 12.2. The van der Waals surface area contributed by atoms with Crippen molar-refractivity contribution < 1.29 is 14.8 Å². The maximum Gasteiger partial charge on any atom is 0.354 e. The fraction of sp³-hybridized carbons (Fsp3) is 0.308. The largest absolute Gasteiger partial charge is 0.502 e. The Morgan fingerprint density at radius 1 is 1.33 bits per heavy atom. The van der Waals surface area contributed by atoms with Gasteiger partial charge in [0.15, 0.2) is 0 Å². The van der Waals surface area contributed by atoms with Gasteiger partial charge in [0, 0.05) is 5.56 Å². The molecule has 0 radical (unpaired) electrons. The van der Waals surface area contributed by atoms with E-state index in [0.29, 0.717) is 11.1 Å². The van der Waals surface area contributed by atoms with Gasteiger partial charge in [0.1, 0.15) is 0 Å². The average molecular weight is 247 g/mol. The maximum absolute atomic E-state index is 12.2. The number of nitrogens with zero attached hydrogens (tertiary/aromatic N) is 1. The van der Waals surface area contributed by atoms with Crippen LogP contribution in [-0.4, -0.2) is 15.8 Å². The highest BCUT2D eigenvalue weighted by atomic mass is 16.6. The summed E-state index contributed by atoms with van der Waals surface area (Å²) in [6, 6.07) is 5.11. The minimum Gasteiger partial charge on any atom is -0.502 e. The van der Waals surface area contributed by atoms with E-state index < -0.39 is 27.6 Å². The fourth-order valence-electron chi connectivity index (χ4n) is 2.51. The third-order valence-electron chi connectivity index (χ3n) is 3.34. The first kappa shape index (κ1) is 12.3. The molecule has 5 nitrogen and oxygen atoms in total. The van der Waals surface area contributed by atoms with Crippen molar-refractivity contribution in [3.63, 3.8) is 0 Å². The van der Waals surface area contributed by atoms with Crippen LogP contribution in [0.1, 0.15) is 30.5 Å². The number of fused-ring (bicyclic) bond motifs is 1. The van der Waals surface area contributed by atoms with E-state index >= 15 is 0 Å². The quantitative estimate of drug-likeness (QED) is 0.610. The number of allylic oxidation sites excluding steroid dienone is 1. The van der Waals surface area contributed by atoms with Crippen molar-refractivity contribution in [2.24, 2.45) is 0 Å². The highest BCUT2D eigenvalue weighted by Crippen LogP contribution is 2.40. The molecule has 1 aromatic rings. The van der Waals surface area contributed by atoms with Crippen LogP contribution in [-0.2, 0) is 10.2 Å². The second kappa shape index (κ2) is 3.66. The minimum absolute atomic E-state index is 0.367. The molecule has 1 aromatic carbocycles. The van der Waals surface area contributed by atoms with Crippen LogP contribution in [0, 0.1) is 17.0 Å². The van der Waals surface area contributed by atoms with E-state index in [0.717, 1.165) is 5.56 Å². The van der Waals surface area contributed by atoms with Crippen molar-refractivity contribution >= 4 is 11.5 Å². The molecule has 0 aromatic heterocycles. The van der Waals surface area contributed by atoms with Crippen LogP contribution in [0.2, 0.25) is 0 Å². The van der Waals surface area contributed by atoms with E-state index in [1.165, 1.54) is 0 Å². The Hall–Kier alpha value is -2.17. The molecule has 0 bridgehead atoms. The van der Waals surface area contributed by atoms with Crippen LogP contribution in [0.4, 0.5) is 0 Å². The monoisotopic (exact) mass is 247 g/mol. The zero-order valence-electron chi connectivity index (χ0n) is 10.4. The van der Waals surface area contributed by atoms with Crippen LogP contribution in [0.5, 0.6) is 0 Å². The molecular formula is C13H13NO4. The number of Topliss-reactive ketones (excluding diaryl/α,β-unsaturated/α-hetero) is 1. The highest BCUT2D eigenvalue weighted by molar-refractivity contribution is 6.09. The van der Waals surface area contributed by atoms with Gasteiger partial charge in [0.05, 0.1) is 10.3 Å². The van der Waals surface area contributed by atoms with Crippen LogP contribution in [0.3, 0.4) is 0 Å². The molecule has 0 amide bonds. The zero-order valence-corrected chi connectivity index (χ0v) is 10.4. The lowest BCUT2D eigenvalue weighted by Gasteiger charge is -2.30. The standard InChI is InChI=1S/C13H13NO4/c1-7-5-4-6-8-9(7)13(2,3)12(16)10(11(8)15)14(17)18/h4-6,15H,1-3H3. The molecule has 0 heterocycles. The number of rotatable bonds is 1. The highest BCUT2D eigenvalue weighted by Gasteiger charge is 2.47. The third-order valence-corrected chi connectivity index (χ3v) is 3.34. The number of carbonyl (C=O) groups is 1. The summed E-state index contributed by atoms with van der Waals surface area (Å²) in [4.78, 5) is 22.3. The van der Waals surface area contributed by atoms with Crippen LogP contribution in [0.25, 0.3) is 5.76 Å². The number of hydrogen-bond acceptors (Lipinski definition) is 4. The van der Waals surface area contributed by atoms with Crippen molar-refractivity contribution in [3.8, 4) is 0 Å². The Labute approximate surface area is 104 Å². The van der Waals surface area contributed by atoms with Gasteiger partial charge in [-0.25, -0.2) is 0 Å². The van der Waals surface area contributed by atoms with Crippen molar-refractivity contribution in [2.45, 2.75) is 26.2 Å². The summed E-state index contributed by atoms with van der Waals surface area (Å²) >= 11 is 0. The van der Waals surface area contributed by atoms with Gasteiger partial charge in [0.25, 0.3) is 0 Å². The molecule has 1 aliphatic carbocycles. The summed E-state index contributed by atoms with van der Waals surface area (Å²) in [7, 11) is 0. The van der Waals surface area contributed by atoms with E-state index in [1.807, 2.05) is 13.0 Å². The Morgan fingerprint density at radius 2 is 1.94 bits per heavy atom. The van der Waals surface area contributed by atoms with Crippen LogP contribution in [0.15, 0.2) is 23.9 Å². The Kier molecular flexibility index (Phi) is 2.50. The minimum atomic E-state index is -1.00. The molecule has 0 fully saturated rings. The molecule has 0 aliphatic heterocycles. The molecule has 5 heteroatoms. The van der Waals surface area contributed by atoms with Crippen molar-refractivity contribution in [1.82, 2.24) is 0 Å². The van der Waals surface area contributed by atoms with Gasteiger partial charge in [-0.2, -0.15) is 0 Å². The molecule has 18 heavy (non-hydrogen) atoms. The third kappa shape index (κ3) is 1.44. The van der Waals surface area contributed by atoms with Crippen LogP contribution < -0.4 is 0 Å². The van der Waals surface area contributed by atoms with Gasteiger partial charge in [-0.1, -0.05) is 18.2 Å². The van der Waals surface area contributed by atoms with Gasteiger partial charge in [-0.05, 0) is 31.9 Å². The number of carbonyl (C=O) groups excluding carboxylic acids is 1. The number of aliphatic hydroxyl groups excluding tert-OH is 1. The van der Waals surface area contributed by atoms with Crippen molar-refractivity contribution in [1.29, 1.82) is 0 Å². The lowest BCUT2D eigenvalue weighted by atomic mass is 9.71. The number of hydrogen-bond donors (Lipinski definition) is 1. The van der Waals surface area contributed by atoms with Crippen LogP contribution >= 0.6 is 0 Å². The number of ketones is 1. The zero-order chi connectivity index (χ0) is 13.7. The molecule has 2 rings (SSSR count). The smallest absolute Gasteiger partial charge is 0.354 e. The number of aliphatic hydroxyl groups is 1. The number of aryl methyl sites for hydroxylation is 1. The summed E-state index contributed by atoms with van der Waals surface area (Å²) < 4.78 is 0. The number of nitro groups is 1. The Balaban J connectivity index is 2.89. The van der Waals surface area contributed by atoms with E-state index in [4.69, 9.17) is 0 Å². The van der Waals surface area contributed by atoms with Gasteiger partial charge < -0.3 is 5.11 Å².